The van der Waals surface area contributed by atoms with E-state index in [4.69, 9.17) is 9.52 Å². The number of anilines is 1. The van der Waals surface area contributed by atoms with E-state index in [2.05, 4.69) is 17.2 Å². The molecule has 0 bridgehead atoms. The molecule has 0 aliphatic rings. The van der Waals surface area contributed by atoms with Gasteiger partial charge < -0.3 is 14.8 Å². The zero-order chi connectivity index (χ0) is 14.5. The molecule has 1 aromatic carbocycles. The van der Waals surface area contributed by atoms with Crippen molar-refractivity contribution in [3.63, 3.8) is 0 Å². The standard InChI is InChI=1S/C16H15NO3/c1-11-8-15(6-5-13(11)4-3-7-18)17-16(19)14-9-12(2)20-10-14/h5-6,8-10,18H,7H2,1-2H3,(H,17,19). The van der Waals surface area contributed by atoms with Crippen molar-refractivity contribution in [2.24, 2.45) is 0 Å². The first-order valence-corrected chi connectivity index (χ1v) is 6.17. The molecule has 20 heavy (non-hydrogen) atoms. The van der Waals surface area contributed by atoms with Gasteiger partial charge in [-0.3, -0.25) is 4.79 Å². The predicted molar refractivity (Wildman–Crippen MR) is 76.5 cm³/mol. The van der Waals surface area contributed by atoms with Crippen LogP contribution in [-0.4, -0.2) is 17.6 Å². The van der Waals surface area contributed by atoms with Crippen molar-refractivity contribution in [1.29, 1.82) is 0 Å². The summed E-state index contributed by atoms with van der Waals surface area (Å²) in [7, 11) is 0. The van der Waals surface area contributed by atoms with Gasteiger partial charge in [0.15, 0.2) is 0 Å². The fourth-order valence-electron chi connectivity index (χ4n) is 1.78. The van der Waals surface area contributed by atoms with Gasteiger partial charge in [-0.2, -0.15) is 0 Å². The van der Waals surface area contributed by atoms with Crippen LogP contribution in [0.2, 0.25) is 0 Å². The van der Waals surface area contributed by atoms with Crippen molar-refractivity contribution >= 4 is 11.6 Å². The molecule has 0 unspecified atom stereocenters. The van der Waals surface area contributed by atoms with Gasteiger partial charge in [-0.1, -0.05) is 11.8 Å². The number of nitrogens with one attached hydrogen (secondary N) is 1. The molecule has 0 spiro atoms. The van der Waals surface area contributed by atoms with Crippen molar-refractivity contribution in [2.75, 3.05) is 11.9 Å². The van der Waals surface area contributed by atoms with Gasteiger partial charge in [-0.05, 0) is 43.7 Å². The number of hydrogen-bond acceptors (Lipinski definition) is 3. The fraction of sp³-hybridized carbons (Fsp3) is 0.188. The third-order valence-electron chi connectivity index (χ3n) is 2.78. The van der Waals surface area contributed by atoms with Gasteiger partial charge in [0, 0.05) is 11.3 Å². The highest BCUT2D eigenvalue weighted by molar-refractivity contribution is 6.04. The number of carbonyl (C=O) groups excluding carboxylic acids is 1. The molecule has 1 aromatic heterocycles. The van der Waals surface area contributed by atoms with Gasteiger partial charge in [0.25, 0.3) is 5.91 Å². The van der Waals surface area contributed by atoms with Crippen LogP contribution in [0.3, 0.4) is 0 Å². The summed E-state index contributed by atoms with van der Waals surface area (Å²) in [4.78, 5) is 12.0. The van der Waals surface area contributed by atoms with Crippen molar-refractivity contribution in [1.82, 2.24) is 0 Å². The average Bonchev–Trinajstić information content (AvgIpc) is 2.85. The van der Waals surface area contributed by atoms with E-state index < -0.39 is 0 Å². The first-order chi connectivity index (χ1) is 9.60. The second kappa shape index (κ2) is 6.09. The molecule has 4 nitrogen and oxygen atoms in total. The van der Waals surface area contributed by atoms with E-state index in [0.29, 0.717) is 17.0 Å². The molecule has 1 heterocycles. The molecule has 0 aliphatic carbocycles. The minimum Gasteiger partial charge on any atom is -0.469 e. The molecule has 4 heteroatoms. The summed E-state index contributed by atoms with van der Waals surface area (Å²) >= 11 is 0. The van der Waals surface area contributed by atoms with E-state index in [1.807, 2.05) is 19.1 Å². The molecule has 1 amide bonds. The topological polar surface area (TPSA) is 62.5 Å². The largest absolute Gasteiger partial charge is 0.469 e. The smallest absolute Gasteiger partial charge is 0.258 e. The lowest BCUT2D eigenvalue weighted by atomic mass is 10.1. The van der Waals surface area contributed by atoms with Crippen LogP contribution < -0.4 is 5.32 Å². The number of amides is 1. The lowest BCUT2D eigenvalue weighted by molar-refractivity contribution is 0.102. The van der Waals surface area contributed by atoms with Gasteiger partial charge in [0.05, 0.1) is 5.56 Å². The lowest BCUT2D eigenvalue weighted by Crippen LogP contribution is -2.11. The Balaban J connectivity index is 2.14. The van der Waals surface area contributed by atoms with Crippen LogP contribution in [0.25, 0.3) is 0 Å². The summed E-state index contributed by atoms with van der Waals surface area (Å²) in [5.74, 6) is 5.93. The average molecular weight is 269 g/mol. The maximum absolute atomic E-state index is 12.0. The Morgan fingerprint density at radius 2 is 2.15 bits per heavy atom. The Labute approximate surface area is 117 Å². The minimum absolute atomic E-state index is 0.169. The Hall–Kier alpha value is -2.51. The molecule has 0 radical (unpaired) electrons. The minimum atomic E-state index is -0.213. The van der Waals surface area contributed by atoms with Crippen LogP contribution >= 0.6 is 0 Å². The van der Waals surface area contributed by atoms with Crippen LogP contribution in [0.5, 0.6) is 0 Å². The molecule has 102 valence electrons. The second-order valence-electron chi connectivity index (χ2n) is 4.39. The van der Waals surface area contributed by atoms with Crippen LogP contribution in [0.1, 0.15) is 27.2 Å². The Bertz CT molecular complexity index is 689. The SMILES string of the molecule is Cc1cc(C(=O)Nc2ccc(C#CCO)c(C)c2)co1. The van der Waals surface area contributed by atoms with Gasteiger partial charge >= 0.3 is 0 Å². The number of aliphatic hydroxyl groups excluding tert-OH is 1. The fourth-order valence-corrected chi connectivity index (χ4v) is 1.78. The van der Waals surface area contributed by atoms with Gasteiger partial charge in [0.1, 0.15) is 18.6 Å². The molecule has 0 fully saturated rings. The lowest BCUT2D eigenvalue weighted by Gasteiger charge is -2.06. The van der Waals surface area contributed by atoms with Crippen LogP contribution in [-0.2, 0) is 0 Å². The maximum atomic E-state index is 12.0. The van der Waals surface area contributed by atoms with Crippen molar-refractivity contribution < 1.29 is 14.3 Å². The zero-order valence-corrected chi connectivity index (χ0v) is 11.4. The second-order valence-corrected chi connectivity index (χ2v) is 4.39. The van der Waals surface area contributed by atoms with E-state index in [9.17, 15) is 4.79 Å². The first-order valence-electron chi connectivity index (χ1n) is 6.17. The zero-order valence-electron chi connectivity index (χ0n) is 11.4. The van der Waals surface area contributed by atoms with E-state index in [1.165, 1.54) is 6.26 Å². The number of hydrogen-bond donors (Lipinski definition) is 2. The molecule has 0 saturated heterocycles. The quantitative estimate of drug-likeness (QED) is 0.823. The van der Waals surface area contributed by atoms with E-state index in [0.717, 1.165) is 11.1 Å². The van der Waals surface area contributed by atoms with E-state index in [-0.39, 0.29) is 12.5 Å². The normalized spacial score (nSPS) is 9.75. The molecule has 2 N–H and O–H groups in total. The highest BCUT2D eigenvalue weighted by Crippen LogP contribution is 2.16. The number of rotatable bonds is 2. The Kier molecular flexibility index (Phi) is 4.24. The molecular weight excluding hydrogens is 254 g/mol. The summed E-state index contributed by atoms with van der Waals surface area (Å²) in [5.41, 5.74) is 2.95. The number of furan rings is 1. The number of carbonyl (C=O) groups is 1. The molecule has 0 saturated carbocycles. The van der Waals surface area contributed by atoms with Crippen LogP contribution in [0, 0.1) is 25.7 Å². The van der Waals surface area contributed by atoms with E-state index in [1.54, 1.807) is 19.1 Å². The summed E-state index contributed by atoms with van der Waals surface area (Å²) in [6.45, 7) is 3.52. The van der Waals surface area contributed by atoms with Gasteiger partial charge in [0.2, 0.25) is 0 Å². The first kappa shape index (κ1) is 13.9. The molecule has 2 aromatic rings. The monoisotopic (exact) mass is 269 g/mol. The third kappa shape index (κ3) is 3.28. The Morgan fingerprint density at radius 1 is 1.35 bits per heavy atom. The van der Waals surface area contributed by atoms with Crippen molar-refractivity contribution in [3.8, 4) is 11.8 Å². The highest BCUT2D eigenvalue weighted by atomic mass is 16.3. The van der Waals surface area contributed by atoms with Crippen LogP contribution in [0.4, 0.5) is 5.69 Å². The molecule has 0 aliphatic heterocycles. The highest BCUT2D eigenvalue weighted by Gasteiger charge is 2.09. The van der Waals surface area contributed by atoms with Gasteiger partial charge in [-0.25, -0.2) is 0 Å². The van der Waals surface area contributed by atoms with Gasteiger partial charge in [-0.15, -0.1) is 0 Å². The summed E-state index contributed by atoms with van der Waals surface area (Å²) < 4.78 is 5.11. The molecule has 2 rings (SSSR count). The Morgan fingerprint density at radius 3 is 2.75 bits per heavy atom. The van der Waals surface area contributed by atoms with Crippen molar-refractivity contribution in [3.05, 3.63) is 53.0 Å². The predicted octanol–water partition coefficient (Wildman–Crippen LogP) is 2.49. The summed E-state index contributed by atoms with van der Waals surface area (Å²) in [6, 6.07) is 7.11. The molecular formula is C16H15NO3. The third-order valence-corrected chi connectivity index (χ3v) is 2.78. The summed E-state index contributed by atoms with van der Waals surface area (Å²) in [5, 5.41) is 11.5. The van der Waals surface area contributed by atoms with Crippen molar-refractivity contribution in [2.45, 2.75) is 13.8 Å². The number of aliphatic hydroxyl groups is 1. The molecule has 0 atom stereocenters. The summed E-state index contributed by atoms with van der Waals surface area (Å²) in [6.07, 6.45) is 1.43. The van der Waals surface area contributed by atoms with E-state index >= 15 is 0 Å². The van der Waals surface area contributed by atoms with Crippen LogP contribution in [0.15, 0.2) is 34.9 Å². The number of aryl methyl sites for hydroxylation is 2. The maximum Gasteiger partial charge on any atom is 0.258 e. The number of benzene rings is 1.